The molecule has 1 saturated heterocycles. The largest absolute Gasteiger partial charge is 0.434 e. The highest BCUT2D eigenvalue weighted by Crippen LogP contribution is 2.53. The van der Waals surface area contributed by atoms with Gasteiger partial charge in [0.2, 0.25) is 0 Å². The first kappa shape index (κ1) is 25.9. The zero-order chi connectivity index (χ0) is 28.3. The van der Waals surface area contributed by atoms with Crippen LogP contribution in [0.3, 0.4) is 0 Å². The van der Waals surface area contributed by atoms with Crippen LogP contribution in [0.1, 0.15) is 77.1 Å². The fourth-order valence-corrected chi connectivity index (χ4v) is 6.53. The molecule has 41 heavy (non-hydrogen) atoms. The van der Waals surface area contributed by atoms with Crippen LogP contribution in [0.4, 0.5) is 8.78 Å². The van der Waals surface area contributed by atoms with Gasteiger partial charge >= 0.3 is 6.61 Å². The van der Waals surface area contributed by atoms with E-state index in [0.29, 0.717) is 53.6 Å². The third-order valence-electron chi connectivity index (χ3n) is 8.54. The lowest BCUT2D eigenvalue weighted by atomic mass is 9.88. The molecule has 2 unspecified atom stereocenters. The number of carbonyl (C=O) groups is 1. The van der Waals surface area contributed by atoms with Gasteiger partial charge in [-0.25, -0.2) is 19.5 Å². The smallest absolute Gasteiger partial charge is 0.387 e. The first-order chi connectivity index (χ1) is 19.8. The Morgan fingerprint density at radius 3 is 2.61 bits per heavy atom. The molecule has 7 rings (SSSR count). The van der Waals surface area contributed by atoms with Crippen molar-refractivity contribution in [2.45, 2.75) is 56.2 Å². The second-order valence-electron chi connectivity index (χ2n) is 11.0. The molecule has 1 fully saturated rings. The van der Waals surface area contributed by atoms with E-state index in [0.717, 1.165) is 36.8 Å². The Hall–Kier alpha value is -4.03. The summed E-state index contributed by atoms with van der Waals surface area (Å²) in [6, 6.07) is 6.21. The van der Waals surface area contributed by atoms with Crippen molar-refractivity contribution >= 4 is 11.6 Å². The highest BCUT2D eigenvalue weighted by atomic mass is 19.3. The van der Waals surface area contributed by atoms with Crippen LogP contribution in [0.2, 0.25) is 0 Å². The molecule has 4 aromatic rings. The minimum Gasteiger partial charge on any atom is -0.434 e. The van der Waals surface area contributed by atoms with Crippen LogP contribution >= 0.6 is 0 Å². The zero-order valence-corrected chi connectivity index (χ0v) is 22.5. The summed E-state index contributed by atoms with van der Waals surface area (Å²) in [5, 5.41) is 4.78. The minimum atomic E-state index is -3.02. The number of ether oxygens (including phenoxy) is 2. The van der Waals surface area contributed by atoms with Gasteiger partial charge in [0.15, 0.2) is 5.65 Å². The molecule has 0 spiro atoms. The van der Waals surface area contributed by atoms with Crippen LogP contribution in [0.15, 0.2) is 42.9 Å². The zero-order valence-electron chi connectivity index (χ0n) is 22.5. The highest BCUT2D eigenvalue weighted by molar-refractivity contribution is 5.98. The Labute approximate surface area is 234 Å². The van der Waals surface area contributed by atoms with Crippen molar-refractivity contribution in [2.24, 2.45) is 5.73 Å². The number of nitrogens with two attached hydrogens (primary N) is 1. The maximum atomic E-state index is 13.4. The molecule has 3 aliphatic rings. The molecule has 3 aromatic heterocycles. The number of alkyl halides is 2. The molecule has 1 amide bonds. The number of benzene rings is 1. The Bertz CT molecular complexity index is 1630. The Morgan fingerprint density at radius 2 is 1.88 bits per heavy atom. The third-order valence-corrected chi connectivity index (χ3v) is 8.54. The summed E-state index contributed by atoms with van der Waals surface area (Å²) in [5.74, 6) is -0.0486. The summed E-state index contributed by atoms with van der Waals surface area (Å²) >= 11 is 0. The van der Waals surface area contributed by atoms with Crippen molar-refractivity contribution < 1.29 is 23.0 Å². The summed E-state index contributed by atoms with van der Waals surface area (Å²) < 4.78 is 38.9. The normalized spacial score (nSPS) is 21.8. The first-order valence-corrected chi connectivity index (χ1v) is 13.8. The third kappa shape index (κ3) is 4.24. The van der Waals surface area contributed by atoms with Crippen molar-refractivity contribution in [3.05, 3.63) is 71.1 Å². The standard InChI is InChI=1S/C29H29F2N7O3/c1-37-20-13-18(22-17(26(37)39)5-2-6-21(22)41-28(30)31)23-24(20)36-38-10-7-19(35-25(23)38)16-14-33-27(34-15-16)29(32)8-3-11-40-12-4-9-29/h2,5-7,10,14-15,18,20,28H,3-4,8-9,11-13,32H2,1H3. The summed E-state index contributed by atoms with van der Waals surface area (Å²) in [6.07, 6.45) is 8.97. The quantitative estimate of drug-likeness (QED) is 0.394. The molecule has 10 nitrogen and oxygen atoms in total. The molecule has 0 saturated carbocycles. The monoisotopic (exact) mass is 561 g/mol. The van der Waals surface area contributed by atoms with Gasteiger partial charge in [-0.15, -0.1) is 0 Å². The lowest BCUT2D eigenvalue weighted by Crippen LogP contribution is -2.40. The van der Waals surface area contributed by atoms with E-state index in [1.165, 1.54) is 6.07 Å². The van der Waals surface area contributed by atoms with Gasteiger partial charge in [0.05, 0.1) is 23.0 Å². The number of halogens is 2. The first-order valence-electron chi connectivity index (χ1n) is 13.8. The molecule has 5 heterocycles. The molecular weight excluding hydrogens is 532 g/mol. The molecule has 2 N–H and O–H groups in total. The molecule has 2 atom stereocenters. The molecule has 2 bridgehead atoms. The van der Waals surface area contributed by atoms with Crippen molar-refractivity contribution in [2.75, 3.05) is 20.3 Å². The van der Waals surface area contributed by atoms with Gasteiger partial charge in [-0.1, -0.05) is 6.07 Å². The number of rotatable bonds is 4. The average molecular weight is 562 g/mol. The van der Waals surface area contributed by atoms with Crippen LogP contribution in [0.5, 0.6) is 5.75 Å². The predicted octanol–water partition coefficient (Wildman–Crippen LogP) is 4.19. The second-order valence-corrected chi connectivity index (χ2v) is 11.0. The minimum absolute atomic E-state index is 0.00580. The number of aromatic nitrogens is 5. The number of amides is 1. The summed E-state index contributed by atoms with van der Waals surface area (Å²) in [5.41, 5.74) is 10.4. The fourth-order valence-electron chi connectivity index (χ4n) is 6.53. The molecule has 0 radical (unpaired) electrons. The highest BCUT2D eigenvalue weighted by Gasteiger charge is 2.46. The van der Waals surface area contributed by atoms with Gasteiger partial charge in [-0.3, -0.25) is 4.79 Å². The van der Waals surface area contributed by atoms with Crippen molar-refractivity contribution in [3.8, 4) is 17.0 Å². The number of hydrogen-bond donors (Lipinski definition) is 1. The number of nitrogens with zero attached hydrogens (tertiary/aromatic N) is 6. The van der Waals surface area contributed by atoms with Gasteiger partial charge in [-0.05, 0) is 50.3 Å². The Kier molecular flexibility index (Phi) is 6.20. The van der Waals surface area contributed by atoms with Gasteiger partial charge < -0.3 is 20.1 Å². The maximum absolute atomic E-state index is 13.4. The van der Waals surface area contributed by atoms with E-state index in [1.54, 1.807) is 47.2 Å². The maximum Gasteiger partial charge on any atom is 0.387 e. The Morgan fingerprint density at radius 1 is 1.12 bits per heavy atom. The van der Waals surface area contributed by atoms with Crippen molar-refractivity contribution in [1.29, 1.82) is 0 Å². The van der Waals surface area contributed by atoms with E-state index in [9.17, 15) is 13.6 Å². The fraction of sp³-hybridized carbons (Fsp3) is 0.414. The lowest BCUT2D eigenvalue weighted by molar-refractivity contribution is -0.0505. The molecular formula is C29H29F2N7O3. The van der Waals surface area contributed by atoms with E-state index >= 15 is 0 Å². The van der Waals surface area contributed by atoms with Crippen LogP contribution in [-0.2, 0) is 10.3 Å². The van der Waals surface area contributed by atoms with E-state index in [1.807, 2.05) is 6.07 Å². The summed E-state index contributed by atoms with van der Waals surface area (Å²) in [6.45, 7) is -1.65. The molecule has 1 aromatic carbocycles. The molecule has 212 valence electrons. The van der Waals surface area contributed by atoms with Crippen molar-refractivity contribution in [3.63, 3.8) is 0 Å². The second kappa shape index (κ2) is 9.81. The van der Waals surface area contributed by atoms with Gasteiger partial charge in [0, 0.05) is 67.0 Å². The van der Waals surface area contributed by atoms with E-state index < -0.39 is 18.1 Å². The van der Waals surface area contributed by atoms with Crippen LogP contribution in [-0.4, -0.2) is 62.2 Å². The molecule has 12 heteroatoms. The number of carbonyl (C=O) groups excluding carboxylic acids is 1. The van der Waals surface area contributed by atoms with E-state index in [2.05, 4.69) is 9.97 Å². The lowest BCUT2D eigenvalue weighted by Gasteiger charge is -2.29. The SMILES string of the molecule is CN1C(=O)c2cccc(OC(F)F)c2C2CC1c1nn3ccc(-c4cnc(C5(N)CCCOCCC5)nc4)nc3c12. The Balaban J connectivity index is 1.30. The summed E-state index contributed by atoms with van der Waals surface area (Å²) in [4.78, 5) is 29.2. The van der Waals surface area contributed by atoms with E-state index in [4.69, 9.17) is 25.3 Å². The molecule has 1 aliphatic carbocycles. The van der Waals surface area contributed by atoms with Crippen LogP contribution in [0, 0.1) is 0 Å². The number of fused-ring (bicyclic) bond motifs is 9. The topological polar surface area (TPSA) is 121 Å². The summed E-state index contributed by atoms with van der Waals surface area (Å²) in [7, 11) is 1.71. The van der Waals surface area contributed by atoms with Crippen molar-refractivity contribution in [1.82, 2.24) is 29.5 Å². The van der Waals surface area contributed by atoms with E-state index in [-0.39, 0.29) is 17.7 Å². The predicted molar refractivity (Wildman–Crippen MR) is 144 cm³/mol. The van der Waals surface area contributed by atoms with Gasteiger partial charge in [0.1, 0.15) is 11.6 Å². The van der Waals surface area contributed by atoms with Gasteiger partial charge in [0.25, 0.3) is 5.91 Å². The van der Waals surface area contributed by atoms with Crippen LogP contribution in [0.25, 0.3) is 16.9 Å². The number of hydrogen-bond acceptors (Lipinski definition) is 8. The molecule has 2 aliphatic heterocycles. The average Bonchev–Trinajstić information content (AvgIpc) is 3.48. The van der Waals surface area contributed by atoms with Crippen LogP contribution < -0.4 is 10.5 Å². The van der Waals surface area contributed by atoms with Gasteiger partial charge in [-0.2, -0.15) is 13.9 Å².